The first-order valence-corrected chi connectivity index (χ1v) is 5.38. The number of pyridine rings is 1. The van der Waals surface area contributed by atoms with Gasteiger partial charge in [-0.2, -0.15) is 0 Å². The minimum atomic E-state index is -0.464. The third-order valence-corrected chi connectivity index (χ3v) is 2.70. The van der Waals surface area contributed by atoms with E-state index in [1.54, 1.807) is 11.0 Å². The van der Waals surface area contributed by atoms with Gasteiger partial charge < -0.3 is 19.5 Å². The van der Waals surface area contributed by atoms with Crippen LogP contribution in [0.2, 0.25) is 0 Å². The first-order chi connectivity index (χ1) is 8.24. The second-order valence-electron chi connectivity index (χ2n) is 3.84. The van der Waals surface area contributed by atoms with Crippen molar-refractivity contribution in [2.45, 2.75) is 12.4 Å². The van der Waals surface area contributed by atoms with Crippen molar-refractivity contribution in [2.75, 3.05) is 31.7 Å². The van der Waals surface area contributed by atoms with Crippen LogP contribution in [0.5, 0.6) is 0 Å². The van der Waals surface area contributed by atoms with E-state index in [9.17, 15) is 4.39 Å². The summed E-state index contributed by atoms with van der Waals surface area (Å²) in [6.07, 6.45) is 1.86. The number of anilines is 1. The largest absolute Gasteiger partial charge is 0.394 e. The quantitative estimate of drug-likeness (QED) is 0.831. The molecule has 0 saturated carbocycles. The first-order valence-electron chi connectivity index (χ1n) is 5.38. The molecule has 94 valence electrons. The fraction of sp³-hybridized carbons (Fsp3) is 0.545. The minimum Gasteiger partial charge on any atom is -0.394 e. The average Bonchev–Trinajstić information content (AvgIpc) is 2.38. The molecule has 1 aromatic heterocycles. The number of methoxy groups -OCH3 is 1. The van der Waals surface area contributed by atoms with Gasteiger partial charge in [0.15, 0.2) is 12.1 Å². The van der Waals surface area contributed by atoms with Gasteiger partial charge in [0, 0.05) is 19.9 Å². The summed E-state index contributed by atoms with van der Waals surface area (Å²) >= 11 is 0. The molecule has 0 aromatic carbocycles. The van der Waals surface area contributed by atoms with E-state index in [1.807, 2.05) is 0 Å². The van der Waals surface area contributed by atoms with Gasteiger partial charge in [0.05, 0.1) is 25.0 Å². The van der Waals surface area contributed by atoms with Gasteiger partial charge in [-0.1, -0.05) is 0 Å². The summed E-state index contributed by atoms with van der Waals surface area (Å²) in [6, 6.07) is 1.60. The predicted molar refractivity (Wildman–Crippen MR) is 59.2 cm³/mol. The highest BCUT2D eigenvalue weighted by Crippen LogP contribution is 2.22. The highest BCUT2D eigenvalue weighted by Gasteiger charge is 2.28. The molecular weight excluding hydrogens is 227 g/mol. The normalized spacial score (nSPS) is 25.0. The molecule has 0 radical (unpaired) electrons. The van der Waals surface area contributed by atoms with Crippen LogP contribution in [-0.4, -0.2) is 49.3 Å². The molecule has 2 atom stereocenters. The van der Waals surface area contributed by atoms with Crippen molar-refractivity contribution < 1.29 is 19.0 Å². The van der Waals surface area contributed by atoms with Crippen LogP contribution in [0.25, 0.3) is 0 Å². The maximum absolute atomic E-state index is 13.6. The molecule has 1 N–H and O–H groups in total. The van der Waals surface area contributed by atoms with Gasteiger partial charge in [-0.15, -0.1) is 0 Å². The Morgan fingerprint density at radius 2 is 2.47 bits per heavy atom. The Morgan fingerprint density at radius 1 is 1.65 bits per heavy atom. The zero-order valence-electron chi connectivity index (χ0n) is 9.54. The zero-order chi connectivity index (χ0) is 12.3. The standard InChI is InChI=1S/C11H15FN2O3/c1-16-11-6-14(5-8(7-15)17-11)10-2-3-13-4-9(10)12/h2-4,8,11,15H,5-7H2,1H3/t8-,11-/m0/s1. The molecule has 17 heavy (non-hydrogen) atoms. The number of aromatic nitrogens is 1. The van der Waals surface area contributed by atoms with Crippen molar-refractivity contribution in [1.82, 2.24) is 4.98 Å². The lowest BCUT2D eigenvalue weighted by molar-refractivity contribution is -0.170. The van der Waals surface area contributed by atoms with Gasteiger partial charge in [0.25, 0.3) is 0 Å². The van der Waals surface area contributed by atoms with Crippen LogP contribution in [0.15, 0.2) is 18.5 Å². The number of ether oxygens (including phenoxy) is 2. The smallest absolute Gasteiger partial charge is 0.175 e. The minimum absolute atomic E-state index is 0.122. The van der Waals surface area contributed by atoms with E-state index in [0.29, 0.717) is 18.8 Å². The molecule has 1 fully saturated rings. The molecule has 5 nitrogen and oxygen atoms in total. The molecule has 2 rings (SSSR count). The summed E-state index contributed by atoms with van der Waals surface area (Å²) in [7, 11) is 1.52. The van der Waals surface area contributed by atoms with Gasteiger partial charge >= 0.3 is 0 Å². The van der Waals surface area contributed by atoms with E-state index < -0.39 is 6.29 Å². The van der Waals surface area contributed by atoms with Crippen LogP contribution in [0.1, 0.15) is 0 Å². The van der Waals surface area contributed by atoms with Crippen LogP contribution in [-0.2, 0) is 9.47 Å². The summed E-state index contributed by atoms with van der Waals surface area (Å²) in [5, 5.41) is 9.12. The Bertz CT molecular complexity index is 365. The van der Waals surface area contributed by atoms with Crippen molar-refractivity contribution in [3.63, 3.8) is 0 Å². The third kappa shape index (κ3) is 2.71. The average molecular weight is 242 g/mol. The number of morpholine rings is 1. The lowest BCUT2D eigenvalue weighted by atomic mass is 10.2. The highest BCUT2D eigenvalue weighted by atomic mass is 19.1. The second kappa shape index (κ2) is 5.39. The first kappa shape index (κ1) is 12.2. The van der Waals surface area contributed by atoms with Crippen molar-refractivity contribution >= 4 is 5.69 Å². The van der Waals surface area contributed by atoms with Gasteiger partial charge in [-0.3, -0.25) is 4.98 Å². The number of rotatable bonds is 3. The summed E-state index contributed by atoms with van der Waals surface area (Å²) in [4.78, 5) is 5.49. The van der Waals surface area contributed by atoms with Crippen molar-refractivity contribution in [3.05, 3.63) is 24.3 Å². The van der Waals surface area contributed by atoms with Crippen LogP contribution >= 0.6 is 0 Å². The van der Waals surface area contributed by atoms with Crippen LogP contribution in [0, 0.1) is 5.82 Å². The van der Waals surface area contributed by atoms with Crippen LogP contribution in [0.4, 0.5) is 10.1 Å². The van der Waals surface area contributed by atoms with E-state index in [2.05, 4.69) is 4.98 Å². The third-order valence-electron chi connectivity index (χ3n) is 2.70. The summed E-state index contributed by atoms with van der Waals surface area (Å²) in [6.45, 7) is 0.730. The van der Waals surface area contributed by atoms with Crippen molar-refractivity contribution in [2.24, 2.45) is 0 Å². The Balaban J connectivity index is 2.17. The molecule has 0 bridgehead atoms. The molecule has 1 aliphatic rings. The number of halogens is 1. The number of aliphatic hydroxyl groups excluding tert-OH is 1. The molecule has 2 heterocycles. The second-order valence-corrected chi connectivity index (χ2v) is 3.84. The molecule has 0 unspecified atom stereocenters. The van der Waals surface area contributed by atoms with Gasteiger partial charge in [-0.25, -0.2) is 4.39 Å². The Labute approximate surface area is 98.8 Å². The fourth-order valence-corrected chi connectivity index (χ4v) is 1.85. The molecular formula is C11H15FN2O3. The Hall–Kier alpha value is -1.24. The molecule has 6 heteroatoms. The fourth-order valence-electron chi connectivity index (χ4n) is 1.85. The van der Waals surface area contributed by atoms with Gasteiger partial charge in [-0.05, 0) is 6.07 Å². The molecule has 1 aliphatic heterocycles. The van der Waals surface area contributed by atoms with Crippen molar-refractivity contribution in [1.29, 1.82) is 0 Å². The Morgan fingerprint density at radius 3 is 3.12 bits per heavy atom. The lowest BCUT2D eigenvalue weighted by Crippen LogP contribution is -2.50. The van der Waals surface area contributed by atoms with E-state index in [4.69, 9.17) is 14.6 Å². The van der Waals surface area contributed by atoms with E-state index in [-0.39, 0.29) is 18.5 Å². The SMILES string of the molecule is CO[C@@H]1CN(c2ccncc2F)C[C@@H](CO)O1. The number of hydrogen-bond donors (Lipinski definition) is 1. The maximum Gasteiger partial charge on any atom is 0.175 e. The van der Waals surface area contributed by atoms with E-state index in [1.165, 1.54) is 19.5 Å². The summed E-state index contributed by atoms with van der Waals surface area (Å²) in [5.74, 6) is -0.388. The van der Waals surface area contributed by atoms with Crippen LogP contribution < -0.4 is 4.90 Å². The molecule has 1 aromatic rings. The highest BCUT2D eigenvalue weighted by molar-refractivity contribution is 5.46. The number of nitrogens with zero attached hydrogens (tertiary/aromatic N) is 2. The molecule has 0 spiro atoms. The predicted octanol–water partition coefficient (Wildman–Crippen LogP) is 0.391. The topological polar surface area (TPSA) is 54.8 Å². The summed E-state index contributed by atoms with van der Waals surface area (Å²) < 4.78 is 24.1. The maximum atomic E-state index is 13.6. The number of hydrogen-bond acceptors (Lipinski definition) is 5. The van der Waals surface area contributed by atoms with Crippen molar-refractivity contribution in [3.8, 4) is 0 Å². The van der Waals surface area contributed by atoms with E-state index >= 15 is 0 Å². The molecule has 0 aliphatic carbocycles. The number of aliphatic hydroxyl groups is 1. The van der Waals surface area contributed by atoms with Gasteiger partial charge in [0.2, 0.25) is 0 Å². The zero-order valence-corrected chi connectivity index (χ0v) is 9.54. The van der Waals surface area contributed by atoms with E-state index in [0.717, 1.165) is 0 Å². The lowest BCUT2D eigenvalue weighted by Gasteiger charge is -2.37. The Kier molecular flexibility index (Phi) is 3.88. The van der Waals surface area contributed by atoms with Gasteiger partial charge in [0.1, 0.15) is 6.10 Å². The molecule has 1 saturated heterocycles. The summed E-state index contributed by atoms with van der Waals surface area (Å²) in [5.41, 5.74) is 0.448. The molecule has 0 amide bonds. The monoisotopic (exact) mass is 242 g/mol. The van der Waals surface area contributed by atoms with Crippen LogP contribution in [0.3, 0.4) is 0 Å².